The molecule has 1 atom stereocenters. The Hall–Kier alpha value is -1.46. The van der Waals surface area contributed by atoms with Crippen molar-refractivity contribution < 1.29 is 9.21 Å². The molecule has 0 saturated heterocycles. The van der Waals surface area contributed by atoms with Gasteiger partial charge >= 0.3 is 0 Å². The second kappa shape index (κ2) is 6.81. The molecule has 0 aliphatic carbocycles. The van der Waals surface area contributed by atoms with E-state index in [1.165, 1.54) is 6.39 Å². The summed E-state index contributed by atoms with van der Waals surface area (Å²) in [7, 11) is 0. The summed E-state index contributed by atoms with van der Waals surface area (Å²) in [5.41, 5.74) is 0.917. The fourth-order valence-corrected chi connectivity index (χ4v) is 2.63. The lowest BCUT2D eigenvalue weighted by atomic mass is 10.1. The molecule has 4 nitrogen and oxygen atoms in total. The molecule has 1 aromatic carbocycles. The summed E-state index contributed by atoms with van der Waals surface area (Å²) in [6.07, 6.45) is 3.25. The van der Waals surface area contributed by atoms with Crippen LogP contribution in [0.15, 0.2) is 35.1 Å². The number of benzene rings is 1. The standard InChI is InChI=1S/C14H15ClN2O2S/c1-9(7-20-2)17-14(18)12-13(19-8-16-12)10-5-3-4-6-11(10)15/h3-6,8-9H,7H2,1-2H3,(H,17,18)/t9-/m1/s1. The highest BCUT2D eigenvalue weighted by molar-refractivity contribution is 7.98. The molecule has 1 N–H and O–H groups in total. The molecule has 20 heavy (non-hydrogen) atoms. The van der Waals surface area contributed by atoms with E-state index >= 15 is 0 Å². The van der Waals surface area contributed by atoms with E-state index in [1.54, 1.807) is 23.9 Å². The molecule has 106 valence electrons. The van der Waals surface area contributed by atoms with Gasteiger partial charge in [-0.1, -0.05) is 23.7 Å². The van der Waals surface area contributed by atoms with Crippen molar-refractivity contribution >= 4 is 29.3 Å². The first-order chi connectivity index (χ1) is 9.63. The second-order valence-corrected chi connectivity index (χ2v) is 5.66. The van der Waals surface area contributed by atoms with Crippen LogP contribution in [-0.4, -0.2) is 28.9 Å². The molecular formula is C14H15ClN2O2S. The number of rotatable bonds is 5. The maximum Gasteiger partial charge on any atom is 0.274 e. The van der Waals surface area contributed by atoms with E-state index in [2.05, 4.69) is 10.3 Å². The number of nitrogens with one attached hydrogen (secondary N) is 1. The number of halogens is 1. The van der Waals surface area contributed by atoms with E-state index in [4.69, 9.17) is 16.0 Å². The van der Waals surface area contributed by atoms with Gasteiger partial charge in [0, 0.05) is 17.4 Å². The van der Waals surface area contributed by atoms with Gasteiger partial charge in [-0.05, 0) is 25.3 Å². The third-order valence-electron chi connectivity index (χ3n) is 2.70. The molecule has 0 fully saturated rings. The molecule has 0 aliphatic rings. The van der Waals surface area contributed by atoms with Crippen LogP contribution in [0.4, 0.5) is 0 Å². The summed E-state index contributed by atoms with van der Waals surface area (Å²) < 4.78 is 5.33. The first-order valence-corrected chi connectivity index (χ1v) is 7.89. The number of carbonyl (C=O) groups is 1. The molecule has 1 heterocycles. The Kier molecular flexibility index (Phi) is 5.09. The Morgan fingerprint density at radius 3 is 2.95 bits per heavy atom. The van der Waals surface area contributed by atoms with Gasteiger partial charge in [-0.25, -0.2) is 4.98 Å². The topological polar surface area (TPSA) is 55.1 Å². The highest BCUT2D eigenvalue weighted by atomic mass is 35.5. The van der Waals surface area contributed by atoms with Crippen LogP contribution in [0.3, 0.4) is 0 Å². The number of thioether (sulfide) groups is 1. The van der Waals surface area contributed by atoms with Crippen LogP contribution in [0.25, 0.3) is 11.3 Å². The van der Waals surface area contributed by atoms with Crippen LogP contribution in [0.1, 0.15) is 17.4 Å². The summed E-state index contributed by atoms with van der Waals surface area (Å²) in [5.74, 6) is 0.977. The van der Waals surface area contributed by atoms with Crippen molar-refractivity contribution in [1.29, 1.82) is 0 Å². The zero-order valence-electron chi connectivity index (χ0n) is 11.2. The maximum absolute atomic E-state index is 12.2. The molecule has 0 unspecified atom stereocenters. The third-order valence-corrected chi connectivity index (χ3v) is 3.86. The molecule has 0 saturated carbocycles. The minimum Gasteiger partial charge on any atom is -0.443 e. The van der Waals surface area contributed by atoms with Gasteiger partial charge in [0.1, 0.15) is 0 Å². The van der Waals surface area contributed by atoms with Gasteiger partial charge in [-0.2, -0.15) is 11.8 Å². The van der Waals surface area contributed by atoms with Gasteiger partial charge in [0.15, 0.2) is 17.8 Å². The lowest BCUT2D eigenvalue weighted by Crippen LogP contribution is -2.34. The van der Waals surface area contributed by atoms with E-state index in [0.29, 0.717) is 16.3 Å². The highest BCUT2D eigenvalue weighted by Gasteiger charge is 2.20. The first kappa shape index (κ1) is 14.9. The zero-order chi connectivity index (χ0) is 14.5. The van der Waals surface area contributed by atoms with Crippen molar-refractivity contribution in [3.05, 3.63) is 41.4 Å². The lowest BCUT2D eigenvalue weighted by molar-refractivity contribution is 0.0939. The van der Waals surface area contributed by atoms with Crippen molar-refractivity contribution in [2.75, 3.05) is 12.0 Å². The fraction of sp³-hybridized carbons (Fsp3) is 0.286. The Morgan fingerprint density at radius 2 is 2.25 bits per heavy atom. The van der Waals surface area contributed by atoms with Crippen LogP contribution < -0.4 is 5.32 Å². The highest BCUT2D eigenvalue weighted by Crippen LogP contribution is 2.29. The van der Waals surface area contributed by atoms with E-state index in [9.17, 15) is 4.79 Å². The number of hydrogen-bond acceptors (Lipinski definition) is 4. The molecule has 0 radical (unpaired) electrons. The average molecular weight is 311 g/mol. The number of aromatic nitrogens is 1. The zero-order valence-corrected chi connectivity index (χ0v) is 12.8. The van der Waals surface area contributed by atoms with E-state index in [0.717, 1.165) is 5.75 Å². The number of oxazole rings is 1. The number of carbonyl (C=O) groups excluding carboxylic acids is 1. The number of amides is 1. The largest absolute Gasteiger partial charge is 0.443 e. The molecule has 1 aromatic heterocycles. The van der Waals surface area contributed by atoms with Crippen molar-refractivity contribution in [3.63, 3.8) is 0 Å². The van der Waals surface area contributed by atoms with Gasteiger partial charge in [0.2, 0.25) is 0 Å². The molecule has 6 heteroatoms. The van der Waals surface area contributed by atoms with Crippen LogP contribution in [0.5, 0.6) is 0 Å². The van der Waals surface area contributed by atoms with Crippen molar-refractivity contribution in [1.82, 2.24) is 10.3 Å². The quantitative estimate of drug-likeness (QED) is 0.918. The summed E-state index contributed by atoms with van der Waals surface area (Å²) >= 11 is 7.80. The predicted molar refractivity (Wildman–Crippen MR) is 82.3 cm³/mol. The van der Waals surface area contributed by atoms with Crippen molar-refractivity contribution in [3.8, 4) is 11.3 Å². The molecule has 0 bridgehead atoms. The smallest absolute Gasteiger partial charge is 0.274 e. The SMILES string of the molecule is CSC[C@@H](C)NC(=O)c1ncoc1-c1ccccc1Cl. The molecule has 0 aliphatic heterocycles. The molecule has 1 amide bonds. The third kappa shape index (κ3) is 3.35. The Labute approximate surface area is 126 Å². The minimum atomic E-state index is -0.254. The van der Waals surface area contributed by atoms with E-state index < -0.39 is 0 Å². The number of hydrogen-bond donors (Lipinski definition) is 1. The summed E-state index contributed by atoms with van der Waals surface area (Å²) in [4.78, 5) is 16.2. The Morgan fingerprint density at radius 1 is 1.50 bits per heavy atom. The molecule has 0 spiro atoms. The molecular weight excluding hydrogens is 296 g/mol. The summed E-state index contributed by atoms with van der Waals surface area (Å²) in [6, 6.07) is 7.26. The van der Waals surface area contributed by atoms with Crippen LogP contribution in [-0.2, 0) is 0 Å². The van der Waals surface area contributed by atoms with E-state index in [-0.39, 0.29) is 17.6 Å². The van der Waals surface area contributed by atoms with Gasteiger partial charge in [0.25, 0.3) is 5.91 Å². The maximum atomic E-state index is 12.2. The average Bonchev–Trinajstić information content (AvgIpc) is 2.88. The van der Waals surface area contributed by atoms with Crippen molar-refractivity contribution in [2.45, 2.75) is 13.0 Å². The van der Waals surface area contributed by atoms with Crippen LogP contribution >= 0.6 is 23.4 Å². The van der Waals surface area contributed by atoms with Crippen LogP contribution in [0, 0.1) is 0 Å². The summed E-state index contributed by atoms with van der Waals surface area (Å²) in [6.45, 7) is 1.95. The molecule has 2 aromatic rings. The molecule has 2 rings (SSSR count). The van der Waals surface area contributed by atoms with Gasteiger partial charge in [0.05, 0.1) is 5.02 Å². The number of nitrogens with zero attached hydrogens (tertiary/aromatic N) is 1. The monoisotopic (exact) mass is 310 g/mol. The summed E-state index contributed by atoms with van der Waals surface area (Å²) in [5, 5.41) is 3.41. The lowest BCUT2D eigenvalue weighted by Gasteiger charge is -2.11. The first-order valence-electron chi connectivity index (χ1n) is 6.11. The Balaban J connectivity index is 2.25. The van der Waals surface area contributed by atoms with Gasteiger partial charge < -0.3 is 9.73 Å². The van der Waals surface area contributed by atoms with E-state index in [1.807, 2.05) is 25.3 Å². The van der Waals surface area contributed by atoms with Gasteiger partial charge in [-0.15, -0.1) is 0 Å². The Bertz CT molecular complexity index is 600. The second-order valence-electron chi connectivity index (χ2n) is 4.34. The van der Waals surface area contributed by atoms with Gasteiger partial charge in [-0.3, -0.25) is 4.79 Å². The fourth-order valence-electron chi connectivity index (χ4n) is 1.83. The van der Waals surface area contributed by atoms with Crippen LogP contribution in [0.2, 0.25) is 5.02 Å². The van der Waals surface area contributed by atoms with Crippen molar-refractivity contribution in [2.24, 2.45) is 0 Å². The predicted octanol–water partition coefficient (Wildman–Crippen LogP) is 3.48. The normalized spacial score (nSPS) is 12.2. The minimum absolute atomic E-state index is 0.0632.